The van der Waals surface area contributed by atoms with E-state index < -0.39 is 47.0 Å². The Morgan fingerprint density at radius 2 is 1.11 bits per heavy atom. The van der Waals surface area contributed by atoms with Crippen molar-refractivity contribution < 1.29 is 47.8 Å². The molecule has 0 aliphatic carbocycles. The van der Waals surface area contributed by atoms with Crippen LogP contribution in [0.4, 0.5) is 28.4 Å². The van der Waals surface area contributed by atoms with Gasteiger partial charge in [0.15, 0.2) is 5.75 Å². The zero-order chi connectivity index (χ0) is 36.2. The van der Waals surface area contributed by atoms with Gasteiger partial charge in [-0.2, -0.15) is 25.3 Å². The van der Waals surface area contributed by atoms with Crippen molar-refractivity contribution in [1.82, 2.24) is 0 Å². The van der Waals surface area contributed by atoms with Crippen LogP contribution in [0.25, 0.3) is 0 Å². The summed E-state index contributed by atoms with van der Waals surface area (Å²) in [7, 11) is -16.5. The van der Waals surface area contributed by atoms with Crippen LogP contribution in [0.1, 0.15) is 6.42 Å². The number of rotatable bonds is 12. The van der Waals surface area contributed by atoms with Crippen LogP contribution in [0.15, 0.2) is 78.1 Å². The van der Waals surface area contributed by atoms with Crippen LogP contribution in [-0.4, -0.2) is 51.3 Å². The molecule has 0 atom stereocenters. The lowest BCUT2D eigenvalue weighted by Gasteiger charge is -2.18. The number of nitrogen functional groups attached to an aromatic ring is 5. The quantitative estimate of drug-likeness (QED) is 0.0570. The van der Waals surface area contributed by atoms with Gasteiger partial charge < -0.3 is 37.6 Å². The lowest BCUT2D eigenvalue weighted by atomic mass is 10.2. The first-order valence-electron chi connectivity index (χ1n) is 11.9. The highest BCUT2D eigenvalue weighted by atomic mass is 32.3. The fourth-order valence-electron chi connectivity index (χ4n) is 2.83. The molecule has 260 valence electrons. The molecule has 3 aromatic carbocycles. The predicted molar refractivity (Wildman–Crippen MR) is 173 cm³/mol. The van der Waals surface area contributed by atoms with E-state index in [1.807, 2.05) is 0 Å². The molecular formula is C21H28N8O14S4. The highest BCUT2D eigenvalue weighted by molar-refractivity contribution is 8.26. The molecule has 0 amide bonds. The van der Waals surface area contributed by atoms with Gasteiger partial charge in [-0.05, 0) is 48.9 Å². The maximum absolute atomic E-state index is 10.6. The SMILES string of the molecule is Nc1cc(OS(N=O)(N=O)N=O)c(N)cc1OCCCS(=O)(=O)O.Nc1ccc(N)c(S(=O)(=O)O)c1.Nc1ccc(S(=O)(=O)O)cc1. The van der Waals surface area contributed by atoms with Gasteiger partial charge in [0, 0.05) is 23.5 Å². The molecule has 22 nitrogen and oxygen atoms in total. The molecule has 0 fully saturated rings. The Hall–Kier alpha value is -4.86. The summed E-state index contributed by atoms with van der Waals surface area (Å²) in [6.45, 7) is -0.0967. The number of nitrogens with two attached hydrogens (primary N) is 5. The molecule has 3 rings (SSSR count). The fraction of sp³-hybridized carbons (Fsp3) is 0.143. The Kier molecular flexibility index (Phi) is 14.2. The van der Waals surface area contributed by atoms with Gasteiger partial charge in [-0.3, -0.25) is 13.7 Å². The van der Waals surface area contributed by atoms with Crippen LogP contribution >= 0.6 is 10.9 Å². The molecule has 0 radical (unpaired) electrons. The Morgan fingerprint density at radius 3 is 1.55 bits per heavy atom. The zero-order valence-electron chi connectivity index (χ0n) is 23.5. The smallest absolute Gasteiger partial charge is 0.330 e. The first-order chi connectivity index (χ1) is 21.6. The Bertz CT molecular complexity index is 1890. The number of benzene rings is 3. The molecule has 3 aromatic rings. The van der Waals surface area contributed by atoms with E-state index in [0.29, 0.717) is 5.69 Å². The number of nitroso groups, excluding NO2 is 3. The normalized spacial score (nSPS) is 11.8. The fourth-order valence-corrected chi connectivity index (χ4v) is 5.00. The minimum Gasteiger partial charge on any atom is -0.491 e. The van der Waals surface area contributed by atoms with E-state index in [2.05, 4.69) is 13.7 Å². The van der Waals surface area contributed by atoms with Gasteiger partial charge in [-0.1, -0.05) is 0 Å². The summed E-state index contributed by atoms with van der Waals surface area (Å²) >= 11 is 0. The molecule has 0 saturated heterocycles. The summed E-state index contributed by atoms with van der Waals surface area (Å²) in [5, 5.41) is 0. The van der Waals surface area contributed by atoms with E-state index in [0.717, 1.165) is 18.2 Å². The van der Waals surface area contributed by atoms with Crippen LogP contribution in [0, 0.1) is 14.7 Å². The third kappa shape index (κ3) is 13.6. The van der Waals surface area contributed by atoms with Gasteiger partial charge in [0.1, 0.15) is 10.6 Å². The first kappa shape index (κ1) is 40.2. The number of nitrogens with zero attached hydrogens (tertiary/aromatic N) is 3. The molecule has 0 unspecified atom stereocenters. The summed E-state index contributed by atoms with van der Waals surface area (Å²) in [6.07, 6.45) is -0.0110. The Morgan fingerprint density at radius 1 is 0.617 bits per heavy atom. The largest absolute Gasteiger partial charge is 0.491 e. The van der Waals surface area contributed by atoms with E-state index in [9.17, 15) is 40.0 Å². The molecule has 26 heteroatoms. The minimum atomic E-state index is -4.26. The van der Waals surface area contributed by atoms with Crippen molar-refractivity contribution in [3.05, 3.63) is 69.3 Å². The summed E-state index contributed by atoms with van der Waals surface area (Å²) in [5.41, 5.74) is 27.6. The van der Waals surface area contributed by atoms with Crippen LogP contribution in [0.2, 0.25) is 0 Å². The lowest BCUT2D eigenvalue weighted by Crippen LogP contribution is -2.09. The molecule has 0 saturated carbocycles. The van der Waals surface area contributed by atoms with Gasteiger partial charge >= 0.3 is 10.9 Å². The van der Waals surface area contributed by atoms with E-state index >= 15 is 0 Å². The van der Waals surface area contributed by atoms with E-state index in [1.54, 1.807) is 0 Å². The second-order valence-electron chi connectivity index (χ2n) is 8.51. The number of anilines is 5. The third-order valence-corrected chi connectivity index (χ3v) is 8.50. The standard InChI is InChI=1S/C9H13N5O8S2.C6H8N2O3S.C6H7NO3S/c10-6-5-9(22-24(12-15,13-16)14-17)7(11)4-8(6)21-2-1-3-23(18,19)20;7-4-1-2-5(8)6(3-4)12(9,10)11;7-5-1-3-6(4-2-5)11(8,9)10/h4-5H,1-3,10-11H2,(H,18,19,20);1-3H,7-8H2,(H,9,10,11);1-4H,7H2,(H,8,9,10). The number of hydrogen-bond donors (Lipinski definition) is 8. The Balaban J connectivity index is 0.000000398. The Labute approximate surface area is 268 Å². The molecular weight excluding hydrogens is 717 g/mol. The molecule has 47 heavy (non-hydrogen) atoms. The van der Waals surface area contributed by atoms with Gasteiger partial charge in [0.2, 0.25) is 0 Å². The maximum atomic E-state index is 10.6. The van der Waals surface area contributed by atoms with Crippen molar-refractivity contribution in [2.75, 3.05) is 41.0 Å². The number of ether oxygens (including phenoxy) is 1. The molecule has 0 aliphatic heterocycles. The minimum absolute atomic E-state index is 0.0110. The molecule has 0 aliphatic rings. The van der Waals surface area contributed by atoms with E-state index in [4.69, 9.17) is 51.2 Å². The molecule has 0 spiro atoms. The van der Waals surface area contributed by atoms with E-state index in [1.165, 1.54) is 36.4 Å². The zero-order valence-corrected chi connectivity index (χ0v) is 26.8. The van der Waals surface area contributed by atoms with Gasteiger partial charge in [0.05, 0.1) is 48.1 Å². The van der Waals surface area contributed by atoms with Crippen molar-refractivity contribution in [1.29, 1.82) is 0 Å². The molecule has 0 heterocycles. The van der Waals surface area contributed by atoms with Crippen molar-refractivity contribution in [3.63, 3.8) is 0 Å². The van der Waals surface area contributed by atoms with Crippen molar-refractivity contribution in [2.45, 2.75) is 16.2 Å². The van der Waals surface area contributed by atoms with Crippen molar-refractivity contribution in [2.24, 2.45) is 13.7 Å². The van der Waals surface area contributed by atoms with Gasteiger partial charge in [0.25, 0.3) is 30.4 Å². The lowest BCUT2D eigenvalue weighted by molar-refractivity contribution is 0.317. The van der Waals surface area contributed by atoms with Crippen molar-refractivity contribution in [3.8, 4) is 11.5 Å². The monoisotopic (exact) mass is 744 g/mol. The average molecular weight is 745 g/mol. The maximum Gasteiger partial charge on any atom is 0.330 e. The summed E-state index contributed by atoms with van der Waals surface area (Å²) in [4.78, 5) is 31.1. The second kappa shape index (κ2) is 16.6. The van der Waals surface area contributed by atoms with Crippen LogP contribution < -0.4 is 37.6 Å². The highest BCUT2D eigenvalue weighted by Gasteiger charge is 2.33. The van der Waals surface area contributed by atoms with E-state index in [-0.39, 0.29) is 57.1 Å². The van der Waals surface area contributed by atoms with Crippen LogP contribution in [-0.2, 0) is 30.4 Å². The van der Waals surface area contributed by atoms with Gasteiger partial charge in [-0.15, -0.1) is 14.7 Å². The number of hydrogen-bond acceptors (Lipinski definition) is 19. The topological polar surface area (TPSA) is 400 Å². The molecule has 13 N–H and O–H groups in total. The average Bonchev–Trinajstić information content (AvgIpc) is 2.97. The third-order valence-electron chi connectivity index (χ3n) is 4.93. The predicted octanol–water partition coefficient (Wildman–Crippen LogP) is 2.26. The molecule has 0 aromatic heterocycles. The van der Waals surface area contributed by atoms with Crippen LogP contribution in [0.5, 0.6) is 11.5 Å². The summed E-state index contributed by atoms with van der Waals surface area (Å²) in [6, 6.07) is 11.4. The first-order valence-corrected chi connectivity index (χ1v) is 17.8. The summed E-state index contributed by atoms with van der Waals surface area (Å²) in [5.74, 6) is -0.782. The molecule has 0 bridgehead atoms. The summed E-state index contributed by atoms with van der Waals surface area (Å²) < 4.78 is 105. The van der Waals surface area contributed by atoms with Crippen molar-refractivity contribution >= 4 is 69.7 Å². The van der Waals surface area contributed by atoms with Gasteiger partial charge in [-0.25, -0.2) is 0 Å². The second-order valence-corrected chi connectivity index (χ2v) is 14.4. The highest BCUT2D eigenvalue weighted by Crippen LogP contribution is 2.54. The van der Waals surface area contributed by atoms with Crippen LogP contribution in [0.3, 0.4) is 0 Å².